The maximum atomic E-state index is 3.57. The number of nitrogens with one attached hydrogen (secondary N) is 1. The van der Waals surface area contributed by atoms with E-state index < -0.39 is 0 Å². The van der Waals surface area contributed by atoms with Crippen LogP contribution in [0.1, 0.15) is 77.0 Å². The van der Waals surface area contributed by atoms with Gasteiger partial charge in [-0.25, -0.2) is 0 Å². The fourth-order valence-electron chi connectivity index (χ4n) is 3.72. The van der Waals surface area contributed by atoms with Gasteiger partial charge >= 0.3 is 0 Å². The predicted octanol–water partition coefficient (Wildman–Crippen LogP) is 5.22. The summed E-state index contributed by atoms with van der Waals surface area (Å²) < 4.78 is 0. The van der Waals surface area contributed by atoms with Crippen molar-refractivity contribution in [2.45, 2.75) is 71.3 Å². The second-order valence-corrected chi connectivity index (χ2v) is 7.44. The maximum absolute atomic E-state index is 3.57. The Labute approximate surface area is 125 Å². The first kappa shape index (κ1) is 15.6. The molecule has 1 aromatic carbocycles. The van der Waals surface area contributed by atoms with Crippen molar-refractivity contribution in [3.05, 3.63) is 35.4 Å². The molecule has 1 aromatic rings. The Morgan fingerprint density at radius 2 is 1.70 bits per heavy atom. The van der Waals surface area contributed by atoms with Gasteiger partial charge in [0.15, 0.2) is 0 Å². The van der Waals surface area contributed by atoms with Gasteiger partial charge in [-0.1, -0.05) is 64.8 Å². The van der Waals surface area contributed by atoms with Crippen molar-refractivity contribution in [1.82, 2.24) is 5.32 Å². The molecule has 112 valence electrons. The van der Waals surface area contributed by atoms with Crippen LogP contribution in [0, 0.1) is 5.41 Å². The van der Waals surface area contributed by atoms with Crippen LogP contribution < -0.4 is 5.32 Å². The molecule has 1 aliphatic rings. The second kappa shape index (κ2) is 5.89. The Morgan fingerprint density at radius 1 is 1.15 bits per heavy atom. The summed E-state index contributed by atoms with van der Waals surface area (Å²) in [5.74, 6) is 0. The van der Waals surface area contributed by atoms with Crippen LogP contribution in [-0.4, -0.2) is 7.05 Å². The summed E-state index contributed by atoms with van der Waals surface area (Å²) in [6.45, 7) is 9.38. The van der Waals surface area contributed by atoms with E-state index in [9.17, 15) is 0 Å². The Morgan fingerprint density at radius 3 is 2.15 bits per heavy atom. The van der Waals surface area contributed by atoms with Crippen LogP contribution >= 0.6 is 0 Å². The molecule has 0 amide bonds. The molecule has 2 rings (SSSR count). The lowest BCUT2D eigenvalue weighted by molar-refractivity contribution is 0.233. The van der Waals surface area contributed by atoms with Crippen LogP contribution in [0.3, 0.4) is 0 Å². The van der Waals surface area contributed by atoms with Crippen LogP contribution in [0.25, 0.3) is 0 Å². The van der Waals surface area contributed by atoms with Crippen molar-refractivity contribution in [2.75, 3.05) is 7.05 Å². The van der Waals surface area contributed by atoms with Gasteiger partial charge in [-0.15, -0.1) is 0 Å². The van der Waals surface area contributed by atoms with Gasteiger partial charge in [0.2, 0.25) is 0 Å². The zero-order valence-corrected chi connectivity index (χ0v) is 13.9. The summed E-state index contributed by atoms with van der Waals surface area (Å²) in [6, 6.07) is 9.85. The average molecular weight is 273 g/mol. The number of hydrogen-bond acceptors (Lipinski definition) is 1. The second-order valence-electron chi connectivity index (χ2n) is 7.44. The Kier molecular flexibility index (Phi) is 4.59. The van der Waals surface area contributed by atoms with Gasteiger partial charge < -0.3 is 5.32 Å². The Bertz CT molecular complexity index is 424. The van der Waals surface area contributed by atoms with Gasteiger partial charge in [-0.3, -0.25) is 0 Å². The zero-order chi connectivity index (χ0) is 14.8. The lowest BCUT2D eigenvalue weighted by Gasteiger charge is -2.35. The van der Waals surface area contributed by atoms with E-state index in [1.165, 1.54) is 43.2 Å². The Hall–Kier alpha value is -0.820. The molecule has 1 nitrogen and oxygen atoms in total. The lowest BCUT2D eigenvalue weighted by Crippen LogP contribution is -2.32. The molecule has 0 radical (unpaired) electrons. The van der Waals surface area contributed by atoms with Crippen molar-refractivity contribution in [3.8, 4) is 0 Å². The van der Waals surface area contributed by atoms with Gasteiger partial charge in [0.05, 0.1) is 0 Å². The van der Waals surface area contributed by atoms with E-state index >= 15 is 0 Å². The molecule has 1 unspecified atom stereocenters. The molecule has 0 spiro atoms. The smallest absolute Gasteiger partial charge is 0.0372 e. The maximum Gasteiger partial charge on any atom is 0.0372 e. The summed E-state index contributed by atoms with van der Waals surface area (Å²) in [5.41, 5.74) is 3.62. The third kappa shape index (κ3) is 2.93. The highest BCUT2D eigenvalue weighted by Crippen LogP contribution is 2.47. The van der Waals surface area contributed by atoms with Crippen LogP contribution in [0.5, 0.6) is 0 Å². The van der Waals surface area contributed by atoms with Crippen LogP contribution in [0.4, 0.5) is 0 Å². The predicted molar refractivity (Wildman–Crippen MR) is 88.1 cm³/mol. The average Bonchev–Trinajstić information content (AvgIpc) is 2.88. The summed E-state index contributed by atoms with van der Waals surface area (Å²) in [4.78, 5) is 0. The van der Waals surface area contributed by atoms with Crippen molar-refractivity contribution < 1.29 is 0 Å². The first-order valence-electron chi connectivity index (χ1n) is 8.21. The largest absolute Gasteiger partial charge is 0.313 e. The van der Waals surface area contributed by atoms with Crippen molar-refractivity contribution in [2.24, 2.45) is 5.41 Å². The highest BCUT2D eigenvalue weighted by atomic mass is 14.9. The van der Waals surface area contributed by atoms with E-state index in [0.29, 0.717) is 11.5 Å². The molecule has 0 bridgehead atoms. The summed E-state index contributed by atoms with van der Waals surface area (Å²) >= 11 is 0. The number of rotatable bonds is 5. The fourth-order valence-corrected chi connectivity index (χ4v) is 3.72. The van der Waals surface area contributed by atoms with Crippen LogP contribution in [0.2, 0.25) is 0 Å². The van der Waals surface area contributed by atoms with E-state index in [-0.39, 0.29) is 5.41 Å². The van der Waals surface area contributed by atoms with E-state index in [1.54, 1.807) is 0 Å². The molecule has 1 heteroatoms. The van der Waals surface area contributed by atoms with Gasteiger partial charge in [0, 0.05) is 6.04 Å². The normalized spacial score (nSPS) is 20.1. The van der Waals surface area contributed by atoms with E-state index in [0.717, 1.165) is 0 Å². The highest BCUT2D eigenvalue weighted by Gasteiger charge is 2.37. The molecule has 0 aromatic heterocycles. The molecule has 0 saturated heterocycles. The van der Waals surface area contributed by atoms with E-state index in [2.05, 4.69) is 64.3 Å². The minimum Gasteiger partial charge on any atom is -0.313 e. The molecule has 0 aliphatic heterocycles. The molecule has 1 fully saturated rings. The zero-order valence-electron chi connectivity index (χ0n) is 13.9. The molecular formula is C19H31N. The summed E-state index contributed by atoms with van der Waals surface area (Å²) in [7, 11) is 2.11. The topological polar surface area (TPSA) is 12.0 Å². The van der Waals surface area contributed by atoms with E-state index in [4.69, 9.17) is 0 Å². The molecule has 1 aliphatic carbocycles. The highest BCUT2D eigenvalue weighted by molar-refractivity contribution is 5.30. The van der Waals surface area contributed by atoms with Gasteiger partial charge in [0.1, 0.15) is 0 Å². The Balaban J connectivity index is 2.24. The van der Waals surface area contributed by atoms with Crippen molar-refractivity contribution in [1.29, 1.82) is 0 Å². The first-order valence-corrected chi connectivity index (χ1v) is 8.21. The lowest BCUT2D eigenvalue weighted by atomic mass is 9.76. The molecule has 0 heterocycles. The van der Waals surface area contributed by atoms with Crippen LogP contribution in [-0.2, 0) is 5.41 Å². The molecule has 1 atom stereocenters. The monoisotopic (exact) mass is 273 g/mol. The molecule has 20 heavy (non-hydrogen) atoms. The first-order chi connectivity index (χ1) is 9.43. The summed E-state index contributed by atoms with van der Waals surface area (Å²) in [6.07, 6.45) is 6.65. The standard InChI is InChI=1S/C19H31N/c1-6-18(2,3)16-11-9-15(10-12-16)17(20-5)19(4)13-7-8-14-19/h9-12,17,20H,6-8,13-14H2,1-5H3. The van der Waals surface area contributed by atoms with Crippen LogP contribution in [0.15, 0.2) is 24.3 Å². The molecular weight excluding hydrogens is 242 g/mol. The fraction of sp³-hybridized carbons (Fsp3) is 0.684. The number of hydrogen-bond donors (Lipinski definition) is 1. The summed E-state index contributed by atoms with van der Waals surface area (Å²) in [5, 5.41) is 3.57. The number of benzene rings is 1. The minimum atomic E-state index is 0.283. The quantitative estimate of drug-likeness (QED) is 0.776. The SMILES string of the molecule is CCC(C)(C)c1ccc(C(NC)C2(C)CCCC2)cc1. The van der Waals surface area contributed by atoms with Gasteiger partial charge in [-0.2, -0.15) is 0 Å². The van der Waals surface area contributed by atoms with Gasteiger partial charge in [0.25, 0.3) is 0 Å². The van der Waals surface area contributed by atoms with Crippen molar-refractivity contribution >= 4 is 0 Å². The van der Waals surface area contributed by atoms with Gasteiger partial charge in [-0.05, 0) is 48.3 Å². The minimum absolute atomic E-state index is 0.283. The third-order valence-electron chi connectivity index (χ3n) is 5.64. The third-order valence-corrected chi connectivity index (χ3v) is 5.64. The molecule has 1 saturated carbocycles. The van der Waals surface area contributed by atoms with E-state index in [1.807, 2.05) is 0 Å². The molecule has 1 N–H and O–H groups in total. The van der Waals surface area contributed by atoms with Crippen molar-refractivity contribution in [3.63, 3.8) is 0 Å².